The fourth-order valence-electron chi connectivity index (χ4n) is 5.20. The highest BCUT2D eigenvalue weighted by Gasteiger charge is 2.36. The van der Waals surface area contributed by atoms with E-state index in [9.17, 15) is 9.18 Å². The Morgan fingerprint density at radius 3 is 2.32 bits per heavy atom. The van der Waals surface area contributed by atoms with Gasteiger partial charge in [-0.2, -0.15) is 0 Å². The third-order valence-electron chi connectivity index (χ3n) is 7.58. The first kappa shape index (κ1) is 28.5. The molecule has 41 heavy (non-hydrogen) atoms. The number of ether oxygens (including phenoxy) is 2. The predicted octanol–water partition coefficient (Wildman–Crippen LogP) is 7.98. The zero-order chi connectivity index (χ0) is 29.1. The van der Waals surface area contributed by atoms with Gasteiger partial charge in [0.2, 0.25) is 5.91 Å². The van der Waals surface area contributed by atoms with Crippen molar-refractivity contribution >= 4 is 28.9 Å². The van der Waals surface area contributed by atoms with Crippen molar-refractivity contribution in [2.45, 2.75) is 45.4 Å². The number of rotatable bonds is 9. The smallest absolute Gasteiger partial charge is 0.232 e. The molecule has 1 aliphatic heterocycles. The van der Waals surface area contributed by atoms with Gasteiger partial charge < -0.3 is 19.3 Å². The Hall–Kier alpha value is -4.03. The van der Waals surface area contributed by atoms with Gasteiger partial charge >= 0.3 is 0 Å². The van der Waals surface area contributed by atoms with Gasteiger partial charge in [0.25, 0.3) is 0 Å². The van der Waals surface area contributed by atoms with Crippen LogP contribution in [0.2, 0.25) is 5.02 Å². The van der Waals surface area contributed by atoms with Crippen molar-refractivity contribution < 1.29 is 18.7 Å². The van der Waals surface area contributed by atoms with Crippen molar-refractivity contribution in [1.29, 1.82) is 0 Å². The second-order valence-corrected chi connectivity index (χ2v) is 10.9. The van der Waals surface area contributed by atoms with Crippen molar-refractivity contribution in [2.75, 3.05) is 24.0 Å². The Balaban J connectivity index is 1.53. The monoisotopic (exact) mass is 572 g/mol. The molecule has 0 aromatic heterocycles. The number of nitrogens with zero attached hydrogens (tertiary/aromatic N) is 2. The molecule has 7 heteroatoms. The fraction of sp³-hybridized carbons (Fsp3) is 0.265. The minimum atomic E-state index is -0.378. The van der Waals surface area contributed by atoms with Gasteiger partial charge in [0, 0.05) is 30.0 Å². The molecule has 0 saturated heterocycles. The molecule has 1 aliphatic rings. The van der Waals surface area contributed by atoms with E-state index in [0.717, 1.165) is 40.0 Å². The highest BCUT2D eigenvalue weighted by molar-refractivity contribution is 6.30. The lowest BCUT2D eigenvalue weighted by Gasteiger charge is -2.38. The first-order valence-electron chi connectivity index (χ1n) is 13.8. The van der Waals surface area contributed by atoms with Crippen LogP contribution in [0.5, 0.6) is 11.5 Å². The molecule has 1 amide bonds. The molecular formula is C34H34ClFN2O3. The number of anilines is 2. The molecule has 0 radical (unpaired) electrons. The standard InChI is InChI=1S/C34H34ClFN2O3/c1-5-22(2)41-32-20-30-25(18-31(32)40-4)19-33(39)38(34(30)24-8-10-26(35)11-9-24)29-16-14-28(15-17-29)37(3)21-23-6-12-27(36)13-7-23/h6-18,20,22,34H,5,19,21H2,1-4H3/t22-,34?/m1/s1. The van der Waals surface area contributed by atoms with Gasteiger partial charge in [0.15, 0.2) is 11.5 Å². The molecule has 5 nitrogen and oxygen atoms in total. The molecule has 4 aromatic rings. The summed E-state index contributed by atoms with van der Waals surface area (Å²) in [5.41, 5.74) is 5.63. The molecule has 0 saturated carbocycles. The molecule has 4 aromatic carbocycles. The minimum absolute atomic E-state index is 0.0108. The van der Waals surface area contributed by atoms with E-state index in [-0.39, 0.29) is 30.3 Å². The van der Waals surface area contributed by atoms with Crippen molar-refractivity contribution in [3.8, 4) is 11.5 Å². The van der Waals surface area contributed by atoms with Crippen LogP contribution < -0.4 is 19.3 Å². The normalized spacial score (nSPS) is 15.3. The number of carbonyl (C=O) groups is 1. The molecular weight excluding hydrogens is 539 g/mol. The van der Waals surface area contributed by atoms with E-state index in [4.69, 9.17) is 21.1 Å². The Bertz CT molecular complexity index is 1510. The Morgan fingerprint density at radius 2 is 1.68 bits per heavy atom. The van der Waals surface area contributed by atoms with Gasteiger partial charge in [-0.25, -0.2) is 4.39 Å². The quantitative estimate of drug-likeness (QED) is 0.204. The van der Waals surface area contributed by atoms with Crippen LogP contribution in [-0.2, 0) is 17.8 Å². The van der Waals surface area contributed by atoms with Crippen LogP contribution in [-0.4, -0.2) is 26.2 Å². The largest absolute Gasteiger partial charge is 0.493 e. The van der Waals surface area contributed by atoms with Crippen LogP contribution >= 0.6 is 11.6 Å². The molecule has 212 valence electrons. The molecule has 1 unspecified atom stereocenters. The maximum Gasteiger partial charge on any atom is 0.232 e. The van der Waals surface area contributed by atoms with Gasteiger partial charge in [-0.05, 0) is 96.3 Å². The number of amides is 1. The average Bonchev–Trinajstić information content (AvgIpc) is 2.98. The lowest BCUT2D eigenvalue weighted by atomic mass is 9.86. The summed E-state index contributed by atoms with van der Waals surface area (Å²) < 4.78 is 25.2. The first-order chi connectivity index (χ1) is 19.8. The van der Waals surface area contributed by atoms with E-state index in [2.05, 4.69) is 11.8 Å². The number of fused-ring (bicyclic) bond motifs is 1. The summed E-state index contributed by atoms with van der Waals surface area (Å²) in [5, 5.41) is 0.631. The maximum atomic E-state index is 13.8. The van der Waals surface area contributed by atoms with E-state index in [1.54, 1.807) is 19.2 Å². The third kappa shape index (κ3) is 6.18. The summed E-state index contributed by atoms with van der Waals surface area (Å²) in [7, 11) is 3.61. The molecule has 0 bridgehead atoms. The fourth-order valence-corrected chi connectivity index (χ4v) is 5.32. The summed E-state index contributed by atoms with van der Waals surface area (Å²) in [6.07, 6.45) is 1.11. The Kier molecular flexibility index (Phi) is 8.50. The van der Waals surface area contributed by atoms with Gasteiger partial charge in [0.05, 0.1) is 25.7 Å². The summed E-state index contributed by atoms with van der Waals surface area (Å²) >= 11 is 6.24. The number of benzene rings is 4. The molecule has 5 rings (SSSR count). The summed E-state index contributed by atoms with van der Waals surface area (Å²) in [5.74, 6) is 1.02. The summed E-state index contributed by atoms with van der Waals surface area (Å²) in [6.45, 7) is 4.73. The van der Waals surface area contributed by atoms with Crippen LogP contribution in [0.3, 0.4) is 0 Å². The number of hydrogen-bond acceptors (Lipinski definition) is 4. The molecule has 0 aliphatic carbocycles. The van der Waals surface area contributed by atoms with Gasteiger partial charge in [-0.15, -0.1) is 0 Å². The summed E-state index contributed by atoms with van der Waals surface area (Å²) in [6, 6.07) is 25.7. The average molecular weight is 573 g/mol. The second-order valence-electron chi connectivity index (χ2n) is 10.4. The third-order valence-corrected chi connectivity index (χ3v) is 7.83. The van der Waals surface area contributed by atoms with Crippen LogP contribution in [0.4, 0.5) is 15.8 Å². The Labute approximate surface area is 246 Å². The number of methoxy groups -OCH3 is 1. The van der Waals surface area contributed by atoms with Crippen LogP contribution in [0, 0.1) is 5.82 Å². The summed E-state index contributed by atoms with van der Waals surface area (Å²) in [4.78, 5) is 17.7. The van der Waals surface area contributed by atoms with Crippen molar-refractivity contribution in [3.05, 3.63) is 118 Å². The van der Waals surface area contributed by atoms with E-state index in [0.29, 0.717) is 23.1 Å². The van der Waals surface area contributed by atoms with Crippen molar-refractivity contribution in [1.82, 2.24) is 0 Å². The number of hydrogen-bond donors (Lipinski definition) is 0. The van der Waals surface area contributed by atoms with E-state index < -0.39 is 0 Å². The van der Waals surface area contributed by atoms with Crippen LogP contribution in [0.25, 0.3) is 0 Å². The van der Waals surface area contributed by atoms with E-state index in [1.807, 2.05) is 79.5 Å². The molecule has 0 spiro atoms. The highest BCUT2D eigenvalue weighted by atomic mass is 35.5. The van der Waals surface area contributed by atoms with E-state index >= 15 is 0 Å². The lowest BCUT2D eigenvalue weighted by molar-refractivity contribution is -0.118. The lowest BCUT2D eigenvalue weighted by Crippen LogP contribution is -2.41. The maximum absolute atomic E-state index is 13.8. The zero-order valence-corrected chi connectivity index (χ0v) is 24.5. The van der Waals surface area contributed by atoms with Gasteiger partial charge in [-0.1, -0.05) is 42.8 Å². The molecule has 2 atom stereocenters. The predicted molar refractivity (Wildman–Crippen MR) is 163 cm³/mol. The topological polar surface area (TPSA) is 42.0 Å². The SMILES string of the molecule is CC[C@@H](C)Oc1cc2c(cc1OC)CC(=O)N(c1ccc(N(C)Cc3ccc(F)cc3)cc1)C2c1ccc(Cl)cc1. The zero-order valence-electron chi connectivity index (χ0n) is 23.7. The highest BCUT2D eigenvalue weighted by Crippen LogP contribution is 2.44. The molecule has 0 N–H and O–H groups in total. The minimum Gasteiger partial charge on any atom is -0.493 e. The van der Waals surface area contributed by atoms with E-state index in [1.165, 1.54) is 12.1 Å². The molecule has 0 fully saturated rings. The number of carbonyl (C=O) groups excluding carboxylic acids is 1. The van der Waals surface area contributed by atoms with Crippen molar-refractivity contribution in [3.63, 3.8) is 0 Å². The first-order valence-corrected chi connectivity index (χ1v) is 14.2. The van der Waals surface area contributed by atoms with Crippen LogP contribution in [0.1, 0.15) is 48.6 Å². The second kappa shape index (κ2) is 12.2. The van der Waals surface area contributed by atoms with Crippen LogP contribution in [0.15, 0.2) is 84.9 Å². The van der Waals surface area contributed by atoms with Gasteiger partial charge in [-0.3, -0.25) is 4.79 Å². The molecule has 1 heterocycles. The van der Waals surface area contributed by atoms with Crippen molar-refractivity contribution in [2.24, 2.45) is 0 Å². The number of halogens is 2. The van der Waals surface area contributed by atoms with Gasteiger partial charge in [0.1, 0.15) is 5.82 Å². The Morgan fingerprint density at radius 1 is 1.00 bits per heavy atom.